The van der Waals surface area contributed by atoms with Crippen LogP contribution in [0, 0.1) is 28.6 Å². The minimum Gasteiger partial charge on any atom is -0.390 e. The van der Waals surface area contributed by atoms with Crippen LogP contribution in [-0.2, 0) is 4.74 Å². The largest absolute Gasteiger partial charge is 0.390 e. The maximum absolute atomic E-state index is 10.9. The molecule has 4 fully saturated rings. The highest BCUT2D eigenvalue weighted by atomic mass is 16.7. The third-order valence-corrected chi connectivity index (χ3v) is 6.85. The molecule has 20 heavy (non-hydrogen) atoms. The molecule has 0 unspecified atom stereocenters. The van der Waals surface area contributed by atoms with E-state index >= 15 is 0 Å². The van der Waals surface area contributed by atoms with E-state index in [2.05, 4.69) is 13.8 Å². The summed E-state index contributed by atoms with van der Waals surface area (Å²) >= 11 is 0. The molecule has 0 bridgehead atoms. The van der Waals surface area contributed by atoms with Gasteiger partial charge in [0.1, 0.15) is 11.7 Å². The van der Waals surface area contributed by atoms with E-state index < -0.39 is 34.9 Å². The van der Waals surface area contributed by atoms with Crippen molar-refractivity contribution < 1.29 is 25.2 Å². The van der Waals surface area contributed by atoms with Gasteiger partial charge in [-0.25, -0.2) is 0 Å². The molecule has 4 rings (SSSR count). The Labute approximate surface area is 118 Å². The van der Waals surface area contributed by atoms with Crippen LogP contribution in [-0.4, -0.2) is 50.6 Å². The second kappa shape index (κ2) is 3.25. The van der Waals surface area contributed by atoms with Gasteiger partial charge < -0.3 is 25.2 Å². The van der Waals surface area contributed by atoms with Crippen LogP contribution in [0.15, 0.2) is 0 Å². The quantitative estimate of drug-likeness (QED) is 0.497. The molecular weight excluding hydrogens is 260 g/mol. The predicted octanol–water partition coefficient (Wildman–Crippen LogP) is -0.140. The Balaban J connectivity index is 1.85. The summed E-state index contributed by atoms with van der Waals surface area (Å²) in [5.41, 5.74) is -1.94. The van der Waals surface area contributed by atoms with Crippen LogP contribution in [0.25, 0.3) is 0 Å². The molecule has 0 amide bonds. The van der Waals surface area contributed by atoms with Crippen LogP contribution in [0.2, 0.25) is 0 Å². The van der Waals surface area contributed by atoms with E-state index in [1.165, 1.54) is 0 Å². The van der Waals surface area contributed by atoms with Gasteiger partial charge in [-0.3, -0.25) is 0 Å². The van der Waals surface area contributed by atoms with E-state index in [-0.39, 0.29) is 23.9 Å². The van der Waals surface area contributed by atoms with E-state index in [0.29, 0.717) is 0 Å². The molecule has 1 heterocycles. The Bertz CT molecular complexity index is 479. The van der Waals surface area contributed by atoms with Gasteiger partial charge in [0, 0.05) is 5.41 Å². The van der Waals surface area contributed by atoms with E-state index in [1.54, 1.807) is 0 Å². The second-order valence-corrected chi connectivity index (χ2v) is 8.52. The van der Waals surface area contributed by atoms with Gasteiger partial charge in [-0.05, 0) is 30.1 Å². The molecule has 0 aromatic carbocycles. The lowest BCUT2D eigenvalue weighted by molar-refractivity contribution is -0.401. The molecule has 0 aromatic heterocycles. The summed E-state index contributed by atoms with van der Waals surface area (Å²) < 4.78 is 5.32. The van der Waals surface area contributed by atoms with E-state index in [9.17, 15) is 20.4 Å². The number of hydrogen-bond acceptors (Lipinski definition) is 5. The number of aliphatic hydroxyl groups is 4. The molecule has 8 atom stereocenters. The maximum Gasteiger partial charge on any atom is 0.199 e. The van der Waals surface area contributed by atoms with Gasteiger partial charge in [0.05, 0.1) is 18.6 Å². The van der Waals surface area contributed by atoms with Crippen LogP contribution in [0.1, 0.15) is 33.6 Å². The van der Waals surface area contributed by atoms with Crippen LogP contribution in [0.4, 0.5) is 0 Å². The minimum absolute atomic E-state index is 0.0443. The molecule has 4 N–H and O–H groups in total. The Morgan fingerprint density at radius 2 is 1.70 bits per heavy atom. The summed E-state index contributed by atoms with van der Waals surface area (Å²) in [6.07, 6.45) is -0.170. The molecule has 1 aliphatic heterocycles. The van der Waals surface area contributed by atoms with Gasteiger partial charge in [-0.1, -0.05) is 20.8 Å². The van der Waals surface area contributed by atoms with E-state index in [1.807, 2.05) is 6.92 Å². The normalized spacial score (nSPS) is 66.5. The molecule has 3 aliphatic carbocycles. The first kappa shape index (κ1) is 13.5. The van der Waals surface area contributed by atoms with Gasteiger partial charge in [-0.15, -0.1) is 0 Å². The lowest BCUT2D eigenvalue weighted by Crippen LogP contribution is -2.81. The van der Waals surface area contributed by atoms with Crippen molar-refractivity contribution in [2.75, 3.05) is 6.61 Å². The molecule has 5 heteroatoms. The third-order valence-electron chi connectivity index (χ3n) is 6.85. The average Bonchev–Trinajstić information content (AvgIpc) is 2.82. The van der Waals surface area contributed by atoms with Crippen molar-refractivity contribution in [3.8, 4) is 0 Å². The lowest BCUT2D eigenvalue weighted by Gasteiger charge is -2.68. The predicted molar refractivity (Wildman–Crippen MR) is 69.5 cm³/mol. The lowest BCUT2D eigenvalue weighted by atomic mass is 9.40. The maximum atomic E-state index is 10.9. The van der Waals surface area contributed by atoms with Crippen LogP contribution in [0.3, 0.4) is 0 Å². The van der Waals surface area contributed by atoms with Crippen molar-refractivity contribution in [3.63, 3.8) is 0 Å². The highest BCUT2D eigenvalue weighted by molar-refractivity contribution is 5.30. The summed E-state index contributed by atoms with van der Waals surface area (Å²) in [4.78, 5) is 0. The van der Waals surface area contributed by atoms with Gasteiger partial charge in [-0.2, -0.15) is 0 Å². The van der Waals surface area contributed by atoms with Crippen LogP contribution < -0.4 is 0 Å². The highest BCUT2D eigenvalue weighted by Gasteiger charge is 2.85. The minimum atomic E-state index is -1.69. The molecule has 3 saturated carbocycles. The smallest absolute Gasteiger partial charge is 0.199 e. The molecule has 0 aromatic rings. The molecule has 0 spiro atoms. The van der Waals surface area contributed by atoms with Crippen molar-refractivity contribution >= 4 is 0 Å². The second-order valence-electron chi connectivity index (χ2n) is 8.52. The van der Waals surface area contributed by atoms with Crippen LogP contribution >= 0.6 is 0 Å². The van der Waals surface area contributed by atoms with Gasteiger partial charge in [0.15, 0.2) is 5.79 Å². The summed E-state index contributed by atoms with van der Waals surface area (Å²) in [7, 11) is 0. The SMILES string of the molecule is CC1(C)C[C@H]2[C@H](O)[C@]3(O)CO[C@]4(O)[C@@H](O)[C@@](C)([C@H]34)[C@H]2C1. The summed E-state index contributed by atoms with van der Waals surface area (Å²) in [5, 5.41) is 42.5. The topological polar surface area (TPSA) is 90.2 Å². The van der Waals surface area contributed by atoms with Gasteiger partial charge in [0.2, 0.25) is 0 Å². The monoisotopic (exact) mass is 284 g/mol. The number of ether oxygens (including phenoxy) is 1. The molecule has 1 saturated heterocycles. The van der Waals surface area contributed by atoms with Crippen molar-refractivity contribution in [3.05, 3.63) is 0 Å². The van der Waals surface area contributed by atoms with E-state index in [0.717, 1.165) is 12.8 Å². The first-order valence-corrected chi connectivity index (χ1v) is 7.52. The fraction of sp³-hybridized carbons (Fsp3) is 1.00. The van der Waals surface area contributed by atoms with E-state index in [4.69, 9.17) is 4.74 Å². The first-order valence-electron chi connectivity index (χ1n) is 7.52. The first-order chi connectivity index (χ1) is 9.07. The zero-order valence-electron chi connectivity index (χ0n) is 12.2. The third kappa shape index (κ3) is 1.13. The zero-order chi connectivity index (χ0) is 14.7. The van der Waals surface area contributed by atoms with Gasteiger partial charge >= 0.3 is 0 Å². The summed E-state index contributed by atoms with van der Waals surface area (Å²) in [6, 6.07) is 0. The molecule has 114 valence electrons. The van der Waals surface area contributed by atoms with Crippen molar-refractivity contribution in [1.29, 1.82) is 0 Å². The number of aliphatic hydroxyl groups excluding tert-OH is 2. The Morgan fingerprint density at radius 3 is 2.35 bits per heavy atom. The summed E-state index contributed by atoms with van der Waals surface area (Å²) in [6.45, 7) is 6.15. The number of rotatable bonds is 0. The standard InChI is InChI=1S/C15H24O5/c1-12(2)4-7-8(5-12)13(3)10-14(18,9(7)16)6-20-15(10,19)11(13)17/h7-11,16-19H,4-6H2,1-3H3/t7-,8+,9+,10-,11+,13-,14-,15+/m1/s1. The fourth-order valence-corrected chi connectivity index (χ4v) is 6.15. The van der Waals surface area contributed by atoms with Gasteiger partial charge in [0.25, 0.3) is 0 Å². The summed E-state index contributed by atoms with van der Waals surface area (Å²) in [5.74, 6) is -2.24. The Hall–Kier alpha value is -0.200. The number of fused-ring (bicyclic) bond motifs is 2. The van der Waals surface area contributed by atoms with Crippen LogP contribution in [0.5, 0.6) is 0 Å². The van der Waals surface area contributed by atoms with Crippen molar-refractivity contribution in [2.24, 2.45) is 28.6 Å². The Kier molecular flexibility index (Phi) is 2.19. The van der Waals surface area contributed by atoms with Crippen molar-refractivity contribution in [2.45, 2.75) is 57.2 Å². The Morgan fingerprint density at radius 1 is 1.05 bits per heavy atom. The average molecular weight is 284 g/mol. The molecule has 0 radical (unpaired) electrons. The highest BCUT2D eigenvalue weighted by Crippen LogP contribution is 2.74. The molecule has 4 aliphatic rings. The molecule has 5 nitrogen and oxygen atoms in total. The fourth-order valence-electron chi connectivity index (χ4n) is 6.15. The zero-order valence-corrected chi connectivity index (χ0v) is 12.2. The van der Waals surface area contributed by atoms with Crippen molar-refractivity contribution in [1.82, 2.24) is 0 Å². The molecular formula is C15H24O5. The number of hydrogen-bond donors (Lipinski definition) is 4.